The van der Waals surface area contributed by atoms with Gasteiger partial charge >= 0.3 is 0 Å². The highest BCUT2D eigenvalue weighted by molar-refractivity contribution is 5.28. The van der Waals surface area contributed by atoms with Crippen LogP contribution in [-0.4, -0.2) is 33.1 Å². The van der Waals surface area contributed by atoms with Gasteiger partial charge in [-0.15, -0.1) is 0 Å². The molecule has 3 unspecified atom stereocenters. The summed E-state index contributed by atoms with van der Waals surface area (Å²) in [6.45, 7) is 5.83. The van der Waals surface area contributed by atoms with Crippen molar-refractivity contribution in [3.05, 3.63) is 23.8 Å². The third-order valence-corrected chi connectivity index (χ3v) is 4.87. The van der Waals surface area contributed by atoms with Gasteiger partial charge < -0.3 is 15.3 Å². The highest BCUT2D eigenvalue weighted by Gasteiger charge is 2.60. The zero-order valence-electron chi connectivity index (χ0n) is 11.5. The van der Waals surface area contributed by atoms with E-state index < -0.39 is 11.2 Å². The molecule has 0 saturated heterocycles. The summed E-state index contributed by atoms with van der Waals surface area (Å²) in [6.07, 6.45) is 7.34. The van der Waals surface area contributed by atoms with Crippen molar-refractivity contribution in [3.8, 4) is 0 Å². The predicted molar refractivity (Wildman–Crippen MR) is 71.0 cm³/mol. The van der Waals surface area contributed by atoms with Crippen LogP contribution in [0, 0.1) is 11.3 Å². The fourth-order valence-electron chi connectivity index (χ4n) is 3.33. The van der Waals surface area contributed by atoms with Crippen molar-refractivity contribution >= 4 is 0 Å². The Kier molecular flexibility index (Phi) is 3.21. The molecule has 3 N–H and O–H groups in total. The van der Waals surface area contributed by atoms with E-state index >= 15 is 0 Å². The van der Waals surface area contributed by atoms with Crippen LogP contribution in [-0.2, 0) is 0 Å². The molecule has 0 spiro atoms. The monoisotopic (exact) mass is 252 g/mol. The number of rotatable bonds is 1. The van der Waals surface area contributed by atoms with Crippen molar-refractivity contribution in [2.75, 3.05) is 6.61 Å². The lowest BCUT2D eigenvalue weighted by molar-refractivity contribution is -0.197. The summed E-state index contributed by atoms with van der Waals surface area (Å²) in [4.78, 5) is 0. The van der Waals surface area contributed by atoms with Crippen LogP contribution in [0.2, 0.25) is 0 Å². The van der Waals surface area contributed by atoms with E-state index in [2.05, 4.69) is 13.8 Å². The Hall–Kier alpha value is -0.640. The summed E-state index contributed by atoms with van der Waals surface area (Å²) in [5, 5.41) is 30.6. The molecule has 18 heavy (non-hydrogen) atoms. The molecular weight excluding hydrogens is 228 g/mol. The molecule has 2 aliphatic carbocycles. The zero-order chi connectivity index (χ0) is 13.6. The summed E-state index contributed by atoms with van der Waals surface area (Å²) in [7, 11) is 0. The molecule has 102 valence electrons. The van der Waals surface area contributed by atoms with Crippen molar-refractivity contribution in [1.82, 2.24) is 0 Å². The molecule has 0 amide bonds. The average molecular weight is 252 g/mol. The highest BCUT2D eigenvalue weighted by Crippen LogP contribution is 2.59. The van der Waals surface area contributed by atoms with E-state index in [0.29, 0.717) is 12.8 Å². The van der Waals surface area contributed by atoms with Crippen LogP contribution in [0.1, 0.15) is 40.0 Å². The Morgan fingerprint density at radius 3 is 2.44 bits per heavy atom. The van der Waals surface area contributed by atoms with Gasteiger partial charge in [0.05, 0.1) is 17.8 Å². The molecule has 0 bridgehead atoms. The molecule has 0 aromatic carbocycles. The molecule has 1 fully saturated rings. The minimum absolute atomic E-state index is 0.0102. The van der Waals surface area contributed by atoms with Crippen molar-refractivity contribution < 1.29 is 15.3 Å². The fraction of sp³-hybridized carbons (Fsp3) is 0.733. The predicted octanol–water partition coefficient (Wildman–Crippen LogP) is 1.78. The molecule has 3 nitrogen and oxygen atoms in total. The largest absolute Gasteiger partial charge is 0.392 e. The number of aliphatic hydroxyl groups excluding tert-OH is 1. The maximum absolute atomic E-state index is 10.9. The summed E-state index contributed by atoms with van der Waals surface area (Å²) < 4.78 is 0. The highest BCUT2D eigenvalue weighted by atomic mass is 16.3. The quantitative estimate of drug-likeness (QED) is 0.666. The Morgan fingerprint density at radius 1 is 1.22 bits per heavy atom. The van der Waals surface area contributed by atoms with E-state index in [0.717, 1.165) is 12.0 Å². The average Bonchev–Trinajstić information content (AvgIpc) is 2.32. The first-order valence-electron chi connectivity index (χ1n) is 6.66. The van der Waals surface area contributed by atoms with E-state index in [1.54, 1.807) is 19.1 Å². The molecule has 0 aromatic heterocycles. The molecule has 0 radical (unpaired) electrons. The van der Waals surface area contributed by atoms with E-state index in [4.69, 9.17) is 0 Å². The van der Waals surface area contributed by atoms with E-state index in [9.17, 15) is 15.3 Å². The summed E-state index contributed by atoms with van der Waals surface area (Å²) in [5.41, 5.74) is -1.01. The lowest BCUT2D eigenvalue weighted by Gasteiger charge is -2.60. The molecule has 3 atom stereocenters. The lowest BCUT2D eigenvalue weighted by Crippen LogP contribution is -2.62. The summed E-state index contributed by atoms with van der Waals surface area (Å²) in [6, 6.07) is 0. The molecular formula is C15H24O3. The maximum atomic E-state index is 10.9. The molecule has 0 aliphatic heterocycles. The van der Waals surface area contributed by atoms with Crippen molar-refractivity contribution in [2.24, 2.45) is 11.3 Å². The molecule has 0 aromatic rings. The smallest absolute Gasteiger partial charge is 0.0803 e. The molecule has 2 rings (SSSR count). The summed E-state index contributed by atoms with van der Waals surface area (Å²) >= 11 is 0. The van der Waals surface area contributed by atoms with Crippen LogP contribution in [0.5, 0.6) is 0 Å². The van der Waals surface area contributed by atoms with Crippen LogP contribution >= 0.6 is 0 Å². The van der Waals surface area contributed by atoms with Gasteiger partial charge in [-0.25, -0.2) is 0 Å². The standard InChI is InChI=1S/C15H24O3/c1-13(2)9-12-11(10-16)5-4-6-14(3,17)7-8-15(12,13)18/h4-6,12,16-18H,7-10H2,1-3H3/b6-4-,11-5-. The van der Waals surface area contributed by atoms with Crippen molar-refractivity contribution in [1.29, 1.82) is 0 Å². The van der Waals surface area contributed by atoms with Gasteiger partial charge in [-0.05, 0) is 37.2 Å². The zero-order valence-corrected chi connectivity index (χ0v) is 11.5. The molecule has 0 heterocycles. The van der Waals surface area contributed by atoms with Crippen LogP contribution in [0.3, 0.4) is 0 Å². The second-order valence-corrected chi connectivity index (χ2v) is 6.68. The Balaban J connectivity index is 2.36. The molecule has 1 saturated carbocycles. The van der Waals surface area contributed by atoms with Crippen LogP contribution in [0.15, 0.2) is 23.8 Å². The first-order valence-corrected chi connectivity index (χ1v) is 6.66. The minimum atomic E-state index is -0.895. The van der Waals surface area contributed by atoms with Crippen LogP contribution in [0.25, 0.3) is 0 Å². The van der Waals surface area contributed by atoms with Crippen molar-refractivity contribution in [3.63, 3.8) is 0 Å². The van der Waals surface area contributed by atoms with E-state index in [-0.39, 0.29) is 17.9 Å². The number of hydrogen-bond acceptors (Lipinski definition) is 3. The second kappa shape index (κ2) is 4.19. The third-order valence-electron chi connectivity index (χ3n) is 4.87. The van der Waals surface area contributed by atoms with Gasteiger partial charge in [-0.3, -0.25) is 0 Å². The van der Waals surface area contributed by atoms with Crippen LogP contribution < -0.4 is 0 Å². The van der Waals surface area contributed by atoms with Gasteiger partial charge in [0.15, 0.2) is 0 Å². The first-order chi connectivity index (χ1) is 8.22. The normalized spacial score (nSPS) is 47.7. The first kappa shape index (κ1) is 13.8. The van der Waals surface area contributed by atoms with Gasteiger partial charge in [-0.2, -0.15) is 0 Å². The number of hydrogen-bond donors (Lipinski definition) is 3. The minimum Gasteiger partial charge on any atom is -0.392 e. The van der Waals surface area contributed by atoms with Gasteiger partial charge in [-0.1, -0.05) is 32.1 Å². The second-order valence-electron chi connectivity index (χ2n) is 6.68. The summed E-state index contributed by atoms with van der Waals surface area (Å²) in [5.74, 6) is 0.0102. The number of fused-ring (bicyclic) bond motifs is 1. The fourth-order valence-corrected chi connectivity index (χ4v) is 3.33. The SMILES string of the molecule is CC1(O)/C=C\C=C(\CO)C2CC(C)(C)C2(O)CC1. The maximum Gasteiger partial charge on any atom is 0.0803 e. The molecule has 2 aliphatic rings. The van der Waals surface area contributed by atoms with E-state index in [1.165, 1.54) is 0 Å². The van der Waals surface area contributed by atoms with Crippen LogP contribution in [0.4, 0.5) is 0 Å². The third kappa shape index (κ3) is 2.04. The molecule has 3 heteroatoms. The van der Waals surface area contributed by atoms with Gasteiger partial charge in [0.2, 0.25) is 0 Å². The van der Waals surface area contributed by atoms with E-state index in [1.807, 2.05) is 6.08 Å². The number of allylic oxidation sites excluding steroid dienone is 2. The lowest BCUT2D eigenvalue weighted by atomic mass is 9.48. The topological polar surface area (TPSA) is 60.7 Å². The van der Waals surface area contributed by atoms with Crippen molar-refractivity contribution in [2.45, 2.75) is 51.2 Å². The van der Waals surface area contributed by atoms with Gasteiger partial charge in [0, 0.05) is 5.92 Å². The Bertz CT molecular complexity index is 393. The van der Waals surface area contributed by atoms with Gasteiger partial charge in [0.25, 0.3) is 0 Å². The Labute approximate surface area is 109 Å². The Morgan fingerprint density at radius 2 is 1.89 bits per heavy atom. The van der Waals surface area contributed by atoms with Gasteiger partial charge in [0.1, 0.15) is 0 Å². The number of aliphatic hydroxyl groups is 3.